The summed E-state index contributed by atoms with van der Waals surface area (Å²) in [5, 5.41) is 11.4. The van der Waals surface area contributed by atoms with Crippen molar-refractivity contribution in [3.63, 3.8) is 0 Å². The highest BCUT2D eigenvalue weighted by Gasteiger charge is 2.32. The minimum absolute atomic E-state index is 0.237. The van der Waals surface area contributed by atoms with Crippen LogP contribution < -0.4 is 0 Å². The van der Waals surface area contributed by atoms with Crippen LogP contribution in [0.3, 0.4) is 0 Å². The molecule has 1 N–H and O–H groups in total. The first-order valence-corrected chi connectivity index (χ1v) is 10.6. The normalized spacial score (nSPS) is 19.7. The predicted molar refractivity (Wildman–Crippen MR) is 118 cm³/mol. The molecule has 1 saturated heterocycles. The molecule has 5 heteroatoms. The zero-order chi connectivity index (χ0) is 21.7. The van der Waals surface area contributed by atoms with Gasteiger partial charge in [-0.05, 0) is 59.6 Å². The summed E-state index contributed by atoms with van der Waals surface area (Å²) in [5.41, 5.74) is 0.481. The standard InChI is InChI=1S/C24H38N2O3/c1-19(2)17-24(28,20-11-8-7-9-12-20)14-16-25(6)21-13-10-15-26(18-21)22(27)29-23(3,4)5/h7-9,11-12,21,28H,1,10,13-18H2,2-6H3. The minimum atomic E-state index is -0.930. The number of benzene rings is 1. The summed E-state index contributed by atoms with van der Waals surface area (Å²) in [6, 6.07) is 10.1. The molecule has 2 atom stereocenters. The van der Waals surface area contributed by atoms with Gasteiger partial charge in [-0.15, -0.1) is 6.58 Å². The van der Waals surface area contributed by atoms with Crippen molar-refractivity contribution in [1.82, 2.24) is 9.80 Å². The van der Waals surface area contributed by atoms with Gasteiger partial charge in [-0.1, -0.05) is 35.9 Å². The molecular formula is C24H38N2O3. The highest BCUT2D eigenvalue weighted by Crippen LogP contribution is 2.32. The maximum absolute atomic E-state index is 12.4. The molecule has 162 valence electrons. The van der Waals surface area contributed by atoms with Crippen LogP contribution in [0.15, 0.2) is 42.5 Å². The number of carbonyl (C=O) groups excluding carboxylic acids is 1. The number of hydrogen-bond acceptors (Lipinski definition) is 4. The number of ether oxygens (including phenoxy) is 1. The number of aliphatic hydroxyl groups is 1. The van der Waals surface area contributed by atoms with Gasteiger partial charge in [-0.2, -0.15) is 0 Å². The van der Waals surface area contributed by atoms with Crippen LogP contribution in [0.2, 0.25) is 0 Å². The van der Waals surface area contributed by atoms with Crippen LogP contribution in [0.25, 0.3) is 0 Å². The molecule has 0 saturated carbocycles. The first kappa shape index (κ1) is 23.4. The second-order valence-electron chi connectivity index (χ2n) is 9.48. The minimum Gasteiger partial charge on any atom is -0.444 e. The van der Waals surface area contributed by atoms with Crippen molar-refractivity contribution in [2.24, 2.45) is 0 Å². The molecule has 5 nitrogen and oxygen atoms in total. The van der Waals surface area contributed by atoms with Crippen LogP contribution in [0, 0.1) is 0 Å². The molecule has 1 aromatic rings. The Morgan fingerprint density at radius 2 is 1.97 bits per heavy atom. The largest absolute Gasteiger partial charge is 0.444 e. The molecule has 0 radical (unpaired) electrons. The number of rotatable bonds is 7. The second-order valence-corrected chi connectivity index (χ2v) is 9.48. The molecule has 1 fully saturated rings. The Labute approximate surface area is 176 Å². The van der Waals surface area contributed by atoms with Crippen LogP contribution in [0.1, 0.15) is 58.9 Å². The highest BCUT2D eigenvalue weighted by atomic mass is 16.6. The van der Waals surface area contributed by atoms with E-state index in [9.17, 15) is 9.90 Å². The van der Waals surface area contributed by atoms with E-state index in [1.165, 1.54) is 0 Å². The Morgan fingerprint density at radius 1 is 1.31 bits per heavy atom. The van der Waals surface area contributed by atoms with Gasteiger partial charge >= 0.3 is 6.09 Å². The lowest BCUT2D eigenvalue weighted by Gasteiger charge is -2.39. The van der Waals surface area contributed by atoms with Gasteiger partial charge < -0.3 is 19.6 Å². The maximum atomic E-state index is 12.4. The third-order valence-corrected chi connectivity index (χ3v) is 5.46. The number of likely N-dealkylation sites (N-methyl/N-ethyl adjacent to an activating group) is 1. The van der Waals surface area contributed by atoms with E-state index in [0.717, 1.165) is 37.1 Å². The van der Waals surface area contributed by atoms with E-state index in [1.807, 2.05) is 62.9 Å². The summed E-state index contributed by atoms with van der Waals surface area (Å²) < 4.78 is 5.54. The fourth-order valence-corrected chi connectivity index (χ4v) is 3.93. The molecule has 1 heterocycles. The van der Waals surface area contributed by atoms with Crippen LogP contribution in [-0.4, -0.2) is 59.3 Å². The summed E-state index contributed by atoms with van der Waals surface area (Å²) in [4.78, 5) is 16.5. The summed E-state index contributed by atoms with van der Waals surface area (Å²) in [5.74, 6) is 0. The molecular weight excluding hydrogens is 364 g/mol. The molecule has 1 amide bonds. The van der Waals surface area contributed by atoms with Crippen molar-refractivity contribution in [3.05, 3.63) is 48.0 Å². The van der Waals surface area contributed by atoms with Crippen LogP contribution >= 0.6 is 0 Å². The average Bonchev–Trinajstić information content (AvgIpc) is 2.65. The smallest absolute Gasteiger partial charge is 0.410 e. The molecule has 0 aliphatic carbocycles. The van der Waals surface area contributed by atoms with Gasteiger partial charge in [0.2, 0.25) is 0 Å². The van der Waals surface area contributed by atoms with E-state index in [0.29, 0.717) is 19.4 Å². The van der Waals surface area contributed by atoms with Crippen molar-refractivity contribution in [3.8, 4) is 0 Å². The van der Waals surface area contributed by atoms with E-state index >= 15 is 0 Å². The van der Waals surface area contributed by atoms with Crippen molar-refractivity contribution >= 4 is 6.09 Å². The van der Waals surface area contributed by atoms with Crippen molar-refractivity contribution in [1.29, 1.82) is 0 Å². The molecule has 0 aromatic heterocycles. The van der Waals surface area contributed by atoms with E-state index in [-0.39, 0.29) is 12.1 Å². The third kappa shape index (κ3) is 7.16. The summed E-state index contributed by atoms with van der Waals surface area (Å²) >= 11 is 0. The molecule has 2 rings (SSSR count). The maximum Gasteiger partial charge on any atom is 0.410 e. The zero-order valence-electron chi connectivity index (χ0n) is 18.8. The van der Waals surface area contributed by atoms with Gasteiger partial charge in [0.1, 0.15) is 5.60 Å². The molecule has 0 bridgehead atoms. The first-order valence-electron chi connectivity index (χ1n) is 10.6. The number of likely N-dealkylation sites (tertiary alicyclic amines) is 1. The van der Waals surface area contributed by atoms with Gasteiger partial charge in [0.15, 0.2) is 0 Å². The molecule has 1 aromatic carbocycles. The first-order chi connectivity index (χ1) is 13.5. The Bertz CT molecular complexity index is 683. The monoisotopic (exact) mass is 402 g/mol. The van der Waals surface area contributed by atoms with Gasteiger partial charge in [0.25, 0.3) is 0 Å². The van der Waals surface area contributed by atoms with E-state index < -0.39 is 11.2 Å². The van der Waals surface area contributed by atoms with Crippen LogP contribution in [0.5, 0.6) is 0 Å². The van der Waals surface area contributed by atoms with Gasteiger partial charge in [0.05, 0.1) is 5.60 Å². The van der Waals surface area contributed by atoms with Crippen molar-refractivity contribution < 1.29 is 14.6 Å². The number of piperidine rings is 1. The highest BCUT2D eigenvalue weighted by molar-refractivity contribution is 5.68. The zero-order valence-corrected chi connectivity index (χ0v) is 18.8. The predicted octanol–water partition coefficient (Wildman–Crippen LogP) is 4.56. The molecule has 0 spiro atoms. The Balaban J connectivity index is 1.99. The van der Waals surface area contributed by atoms with E-state index in [1.54, 1.807) is 0 Å². The SMILES string of the molecule is C=C(C)CC(O)(CCN(C)C1CCCN(C(=O)OC(C)(C)C)C1)c1ccccc1. The lowest BCUT2D eigenvalue weighted by Crippen LogP contribution is -2.50. The lowest BCUT2D eigenvalue weighted by molar-refractivity contribution is 0.000746. The van der Waals surface area contributed by atoms with Gasteiger partial charge in [-0.25, -0.2) is 4.79 Å². The van der Waals surface area contributed by atoms with Crippen LogP contribution in [0.4, 0.5) is 4.79 Å². The van der Waals surface area contributed by atoms with Crippen molar-refractivity contribution in [2.45, 2.75) is 70.6 Å². The van der Waals surface area contributed by atoms with E-state index in [4.69, 9.17) is 4.74 Å². The quantitative estimate of drug-likeness (QED) is 0.679. The van der Waals surface area contributed by atoms with Gasteiger partial charge in [-0.3, -0.25) is 0 Å². The van der Waals surface area contributed by atoms with Crippen molar-refractivity contribution in [2.75, 3.05) is 26.7 Å². The number of nitrogens with zero attached hydrogens (tertiary/aromatic N) is 2. The van der Waals surface area contributed by atoms with E-state index in [2.05, 4.69) is 18.5 Å². The molecule has 29 heavy (non-hydrogen) atoms. The number of hydrogen-bond donors (Lipinski definition) is 1. The topological polar surface area (TPSA) is 53.0 Å². The third-order valence-electron chi connectivity index (χ3n) is 5.46. The number of carbonyl (C=O) groups is 1. The van der Waals surface area contributed by atoms with Crippen LogP contribution in [-0.2, 0) is 10.3 Å². The Morgan fingerprint density at radius 3 is 2.55 bits per heavy atom. The van der Waals surface area contributed by atoms with Gasteiger partial charge in [0, 0.05) is 32.1 Å². The fraction of sp³-hybridized carbons (Fsp3) is 0.625. The number of amides is 1. The molecule has 1 aliphatic rings. The lowest BCUT2D eigenvalue weighted by atomic mass is 9.84. The summed E-state index contributed by atoms with van der Waals surface area (Å²) in [6.07, 6.45) is 2.92. The Kier molecular flexibility index (Phi) is 7.89. The summed E-state index contributed by atoms with van der Waals surface area (Å²) in [7, 11) is 2.08. The molecule has 2 unspecified atom stereocenters. The molecule has 1 aliphatic heterocycles. The summed E-state index contributed by atoms with van der Waals surface area (Å²) in [6.45, 7) is 13.8. The average molecular weight is 403 g/mol. The Hall–Kier alpha value is -1.85. The fourth-order valence-electron chi connectivity index (χ4n) is 3.93. The second kappa shape index (κ2) is 9.77.